The maximum Gasteiger partial charge on any atom is 0.330 e. The molecule has 0 fully saturated rings. The number of hydrogen-bond donors (Lipinski definition) is 5. The summed E-state index contributed by atoms with van der Waals surface area (Å²) in [5.74, 6) is -1.27. The molecule has 1 amide bonds. The summed E-state index contributed by atoms with van der Waals surface area (Å²) in [7, 11) is 1.90. The minimum absolute atomic E-state index is 0.199. The van der Waals surface area contributed by atoms with E-state index in [1.807, 2.05) is 23.3 Å². The highest BCUT2D eigenvalue weighted by Gasteiger charge is 2.37. The van der Waals surface area contributed by atoms with Crippen molar-refractivity contribution in [3.63, 3.8) is 0 Å². The summed E-state index contributed by atoms with van der Waals surface area (Å²) >= 11 is 0. The van der Waals surface area contributed by atoms with Crippen molar-refractivity contribution in [1.82, 2.24) is 10.6 Å². The zero-order chi connectivity index (χ0) is 20.2. The first-order valence-electron chi connectivity index (χ1n) is 8.93. The third-order valence-electron chi connectivity index (χ3n) is 4.81. The van der Waals surface area contributed by atoms with Gasteiger partial charge in [-0.1, -0.05) is 0 Å². The number of fused-ring (bicyclic) bond motifs is 1. The van der Waals surface area contributed by atoms with Gasteiger partial charge in [0.15, 0.2) is 11.5 Å². The molecule has 9 heteroatoms. The fourth-order valence-corrected chi connectivity index (χ4v) is 3.57. The van der Waals surface area contributed by atoms with E-state index in [1.54, 1.807) is 0 Å². The lowest BCUT2D eigenvalue weighted by molar-refractivity contribution is -0.139. The Labute approximate surface area is 161 Å². The quantitative estimate of drug-likeness (QED) is 0.261. The third kappa shape index (κ3) is 5.09. The van der Waals surface area contributed by atoms with Crippen LogP contribution in [-0.2, 0) is 26.1 Å². The molecule has 0 bridgehead atoms. The van der Waals surface area contributed by atoms with Crippen molar-refractivity contribution in [3.05, 3.63) is 23.3 Å². The number of phenolic OH excluding ortho intramolecular Hbond substituents is 2. The number of hydrogen-bond acceptors (Lipinski definition) is 7. The van der Waals surface area contributed by atoms with E-state index in [0.717, 1.165) is 17.5 Å². The van der Waals surface area contributed by atoms with Crippen LogP contribution < -0.4 is 16.4 Å². The first-order valence-corrected chi connectivity index (χ1v) is 9.40. The minimum atomic E-state index is -0.749. The van der Waals surface area contributed by atoms with Crippen LogP contribution in [0.1, 0.15) is 44.2 Å². The van der Waals surface area contributed by atoms with Crippen LogP contribution in [0.5, 0.6) is 11.5 Å². The van der Waals surface area contributed by atoms with Crippen molar-refractivity contribution in [2.24, 2.45) is 5.73 Å². The van der Waals surface area contributed by atoms with E-state index in [4.69, 9.17) is 10.3 Å². The van der Waals surface area contributed by atoms with Crippen LogP contribution in [0.15, 0.2) is 12.1 Å². The lowest BCUT2D eigenvalue weighted by Crippen LogP contribution is -2.57. The van der Waals surface area contributed by atoms with Crippen molar-refractivity contribution in [2.75, 3.05) is 6.54 Å². The molecule has 0 aliphatic carbocycles. The summed E-state index contributed by atoms with van der Waals surface area (Å²) in [6.07, 6.45) is 2.21. The average molecular weight is 397 g/mol. The second-order valence-corrected chi connectivity index (χ2v) is 7.54. The largest absolute Gasteiger partial charge is 0.504 e. The van der Waals surface area contributed by atoms with Gasteiger partial charge in [0, 0.05) is 5.54 Å². The first-order chi connectivity index (χ1) is 12.7. The Hall–Kier alpha value is -1.89. The summed E-state index contributed by atoms with van der Waals surface area (Å²) in [6.45, 7) is 4.29. The van der Waals surface area contributed by atoms with Gasteiger partial charge < -0.3 is 25.8 Å². The van der Waals surface area contributed by atoms with Crippen molar-refractivity contribution in [1.29, 1.82) is 0 Å². The Morgan fingerprint density at radius 1 is 1.37 bits per heavy atom. The summed E-state index contributed by atoms with van der Waals surface area (Å²) < 4.78 is 4.71. The number of aromatic hydroxyl groups is 2. The second kappa shape index (κ2) is 8.87. The highest BCUT2D eigenvalue weighted by Crippen LogP contribution is 2.37. The molecule has 1 aliphatic rings. The maximum absolute atomic E-state index is 12.8. The predicted molar refractivity (Wildman–Crippen MR) is 104 cm³/mol. The van der Waals surface area contributed by atoms with Crippen molar-refractivity contribution in [2.45, 2.75) is 57.2 Å². The molecule has 1 unspecified atom stereocenters. The molecule has 1 heterocycles. The van der Waals surface area contributed by atoms with Crippen LogP contribution in [0.25, 0.3) is 0 Å². The Morgan fingerprint density at radius 2 is 2.04 bits per heavy atom. The highest BCUT2D eigenvalue weighted by molar-refractivity contribution is 7.10. The van der Waals surface area contributed by atoms with E-state index in [-0.39, 0.29) is 17.4 Å². The van der Waals surface area contributed by atoms with Gasteiger partial charge in [-0.3, -0.25) is 10.1 Å². The predicted octanol–water partition coefficient (Wildman–Crippen LogP) is 0.794. The van der Waals surface area contributed by atoms with E-state index in [0.29, 0.717) is 25.8 Å². The van der Waals surface area contributed by atoms with Gasteiger partial charge in [0.2, 0.25) is 5.91 Å². The molecular formula is C18H28N3O5P. The number of nitrogens with two attached hydrogens (primary N) is 1. The Morgan fingerprint density at radius 3 is 2.67 bits per heavy atom. The lowest BCUT2D eigenvalue weighted by Gasteiger charge is -2.39. The van der Waals surface area contributed by atoms with Gasteiger partial charge in [0.25, 0.3) is 0 Å². The molecule has 1 aromatic carbocycles. The Balaban J connectivity index is 2.15. The van der Waals surface area contributed by atoms with Gasteiger partial charge in [0.1, 0.15) is 6.04 Å². The first kappa shape index (κ1) is 21.4. The van der Waals surface area contributed by atoms with Gasteiger partial charge in [-0.2, -0.15) is 0 Å². The molecule has 1 aromatic rings. The SMILES string of the molecule is CC1(C)N[C@H](C(=O)N[C@H](CCCCN)C(=O)OP)Cc2cc(O)c(O)cc21. The summed E-state index contributed by atoms with van der Waals surface area (Å²) in [5, 5.41) is 25.6. The van der Waals surface area contributed by atoms with Crippen molar-refractivity contribution < 1.29 is 24.3 Å². The summed E-state index contributed by atoms with van der Waals surface area (Å²) in [4.78, 5) is 24.7. The monoisotopic (exact) mass is 397 g/mol. The zero-order valence-electron chi connectivity index (χ0n) is 15.6. The third-order valence-corrected chi connectivity index (χ3v) is 5.05. The fraction of sp³-hybridized carbons (Fsp3) is 0.556. The van der Waals surface area contributed by atoms with Gasteiger partial charge in [-0.15, -0.1) is 0 Å². The van der Waals surface area contributed by atoms with Gasteiger partial charge in [0.05, 0.1) is 15.5 Å². The van der Waals surface area contributed by atoms with E-state index in [9.17, 15) is 19.8 Å². The smallest absolute Gasteiger partial charge is 0.330 e. The maximum atomic E-state index is 12.8. The average Bonchev–Trinajstić information content (AvgIpc) is 2.61. The summed E-state index contributed by atoms with van der Waals surface area (Å²) in [5.41, 5.74) is 6.46. The van der Waals surface area contributed by atoms with E-state index < -0.39 is 23.6 Å². The number of nitrogens with one attached hydrogen (secondary N) is 2. The number of unbranched alkanes of at least 4 members (excludes halogenated alkanes) is 1. The van der Waals surface area contributed by atoms with Gasteiger partial charge in [-0.05, 0) is 69.3 Å². The zero-order valence-corrected chi connectivity index (χ0v) is 16.8. The van der Waals surface area contributed by atoms with Crippen LogP contribution in [0, 0.1) is 0 Å². The molecule has 0 radical (unpaired) electrons. The molecular weight excluding hydrogens is 369 g/mol. The number of amides is 1. The van der Waals surface area contributed by atoms with Crippen molar-refractivity contribution >= 4 is 21.3 Å². The van der Waals surface area contributed by atoms with E-state index in [1.165, 1.54) is 12.1 Å². The molecule has 3 atom stereocenters. The van der Waals surface area contributed by atoms with Crippen LogP contribution in [-0.4, -0.2) is 40.7 Å². The number of benzene rings is 1. The molecule has 2 rings (SSSR count). The number of carbonyl (C=O) groups excluding carboxylic acids is 2. The molecule has 27 heavy (non-hydrogen) atoms. The highest BCUT2D eigenvalue weighted by atomic mass is 31.0. The van der Waals surface area contributed by atoms with Crippen LogP contribution in [0.3, 0.4) is 0 Å². The molecule has 0 saturated carbocycles. The standard InChI is InChI=1S/C18H28N3O5P/c1-18(2)11-9-15(23)14(22)8-10(11)7-13(21-18)16(24)20-12(17(25)26-27)5-3-4-6-19/h8-9,12-13,21-23H,3-7,19,27H2,1-2H3,(H,20,24)/t12-,13+/m1/s1. The van der Waals surface area contributed by atoms with E-state index >= 15 is 0 Å². The number of rotatable bonds is 7. The molecule has 0 spiro atoms. The normalized spacial score (nSPS) is 19.0. The summed E-state index contributed by atoms with van der Waals surface area (Å²) in [6, 6.07) is 1.64. The molecule has 6 N–H and O–H groups in total. The van der Waals surface area contributed by atoms with Crippen LogP contribution in [0.2, 0.25) is 0 Å². The topological polar surface area (TPSA) is 134 Å². The lowest BCUT2D eigenvalue weighted by atomic mass is 9.81. The Bertz CT molecular complexity index is 710. The number of carbonyl (C=O) groups is 2. The van der Waals surface area contributed by atoms with Crippen molar-refractivity contribution in [3.8, 4) is 11.5 Å². The molecule has 0 aromatic heterocycles. The number of phenols is 2. The molecule has 0 saturated heterocycles. The minimum Gasteiger partial charge on any atom is -0.504 e. The molecule has 8 nitrogen and oxygen atoms in total. The second-order valence-electron chi connectivity index (χ2n) is 7.31. The van der Waals surface area contributed by atoms with E-state index in [2.05, 4.69) is 10.6 Å². The van der Waals surface area contributed by atoms with Crippen LogP contribution in [0.4, 0.5) is 0 Å². The molecule has 1 aliphatic heterocycles. The molecule has 150 valence electrons. The fourth-order valence-electron chi connectivity index (χ4n) is 3.41. The van der Waals surface area contributed by atoms with Gasteiger partial charge >= 0.3 is 5.97 Å². The Kier molecular flexibility index (Phi) is 7.03. The van der Waals surface area contributed by atoms with Gasteiger partial charge in [-0.25, -0.2) is 4.79 Å². The van der Waals surface area contributed by atoms with Crippen LogP contribution >= 0.6 is 9.47 Å².